The molecule has 1 fully saturated rings. The van der Waals surface area contributed by atoms with Crippen molar-refractivity contribution in [3.8, 4) is 6.07 Å². The molecule has 0 bridgehead atoms. The Labute approximate surface area is 121 Å². The van der Waals surface area contributed by atoms with Crippen molar-refractivity contribution in [3.63, 3.8) is 0 Å². The number of rotatable bonds is 3. The minimum atomic E-state index is -0.322. The maximum Gasteiger partial charge on any atom is 0.107 e. The lowest BCUT2D eigenvalue weighted by atomic mass is 9.83. The van der Waals surface area contributed by atoms with Crippen molar-refractivity contribution < 1.29 is 0 Å². The van der Waals surface area contributed by atoms with Gasteiger partial charge in [0.25, 0.3) is 0 Å². The summed E-state index contributed by atoms with van der Waals surface area (Å²) in [6, 6.07) is 10.8. The summed E-state index contributed by atoms with van der Waals surface area (Å²) in [5.74, 6) is 0. The predicted octanol–water partition coefficient (Wildman–Crippen LogP) is 3.97. The Morgan fingerprint density at radius 3 is 2.94 bits per heavy atom. The van der Waals surface area contributed by atoms with Crippen LogP contribution in [0.1, 0.15) is 25.7 Å². The van der Waals surface area contributed by atoms with E-state index < -0.39 is 0 Å². The van der Waals surface area contributed by atoms with Gasteiger partial charge in [0.1, 0.15) is 5.54 Å². The molecule has 2 nitrogen and oxygen atoms in total. The molecule has 4 heteroatoms. The molecule has 1 aromatic rings. The second-order valence-corrected chi connectivity index (χ2v) is 6.91. The molecule has 1 aliphatic carbocycles. The molecule has 18 heavy (non-hydrogen) atoms. The average Bonchev–Trinajstić information content (AvgIpc) is 2.41. The van der Waals surface area contributed by atoms with Crippen LogP contribution in [0.2, 0.25) is 0 Å². The standard InChI is InChI=1S/C14H17BrN2S/c1-17-14(10-16)8-4-5-11(9-14)18-13-7-3-2-6-12(13)15/h2-3,6-7,11,17H,4-5,8-9H2,1H3. The Hall–Kier alpha value is -0.500. The molecule has 0 aromatic heterocycles. The minimum absolute atomic E-state index is 0.322. The van der Waals surface area contributed by atoms with E-state index in [9.17, 15) is 5.26 Å². The molecule has 1 aromatic carbocycles. The third-order valence-electron chi connectivity index (χ3n) is 3.53. The van der Waals surface area contributed by atoms with Crippen LogP contribution in [-0.2, 0) is 0 Å². The van der Waals surface area contributed by atoms with Gasteiger partial charge in [-0.1, -0.05) is 12.1 Å². The van der Waals surface area contributed by atoms with Crippen LogP contribution >= 0.6 is 27.7 Å². The zero-order chi connectivity index (χ0) is 13.0. The van der Waals surface area contributed by atoms with Gasteiger partial charge in [-0.05, 0) is 60.8 Å². The first-order valence-corrected chi connectivity index (χ1v) is 7.88. The Balaban J connectivity index is 2.07. The van der Waals surface area contributed by atoms with Crippen molar-refractivity contribution in [1.29, 1.82) is 5.26 Å². The topological polar surface area (TPSA) is 35.8 Å². The summed E-state index contributed by atoms with van der Waals surface area (Å²) in [5, 5.41) is 13.1. The molecular weight excluding hydrogens is 308 g/mol. The molecule has 0 saturated heterocycles. The van der Waals surface area contributed by atoms with Crippen molar-refractivity contribution in [3.05, 3.63) is 28.7 Å². The zero-order valence-electron chi connectivity index (χ0n) is 10.4. The summed E-state index contributed by atoms with van der Waals surface area (Å²) in [6.07, 6.45) is 4.20. The highest BCUT2D eigenvalue weighted by Gasteiger charge is 2.35. The van der Waals surface area contributed by atoms with Gasteiger partial charge in [0.05, 0.1) is 6.07 Å². The zero-order valence-corrected chi connectivity index (χ0v) is 12.9. The number of nitrogens with one attached hydrogen (secondary N) is 1. The summed E-state index contributed by atoms with van der Waals surface area (Å²) < 4.78 is 1.15. The first kappa shape index (κ1) is 13.9. The summed E-state index contributed by atoms with van der Waals surface area (Å²) in [6.45, 7) is 0. The predicted molar refractivity (Wildman–Crippen MR) is 79.7 cm³/mol. The van der Waals surface area contributed by atoms with E-state index >= 15 is 0 Å². The van der Waals surface area contributed by atoms with E-state index in [2.05, 4.69) is 45.5 Å². The molecule has 0 amide bonds. The van der Waals surface area contributed by atoms with Crippen LogP contribution in [0, 0.1) is 11.3 Å². The first-order chi connectivity index (χ1) is 8.69. The van der Waals surface area contributed by atoms with Gasteiger partial charge >= 0.3 is 0 Å². The number of hydrogen-bond acceptors (Lipinski definition) is 3. The maximum absolute atomic E-state index is 9.35. The van der Waals surface area contributed by atoms with Crippen LogP contribution in [0.5, 0.6) is 0 Å². The van der Waals surface area contributed by atoms with E-state index in [4.69, 9.17) is 0 Å². The number of nitriles is 1. The molecule has 2 atom stereocenters. The molecule has 2 unspecified atom stereocenters. The third-order valence-corrected chi connectivity index (χ3v) is 5.83. The molecular formula is C14H17BrN2S. The van der Waals surface area contributed by atoms with Crippen LogP contribution in [-0.4, -0.2) is 17.8 Å². The van der Waals surface area contributed by atoms with Crippen LogP contribution in [0.3, 0.4) is 0 Å². The van der Waals surface area contributed by atoms with Crippen LogP contribution in [0.15, 0.2) is 33.6 Å². The van der Waals surface area contributed by atoms with Crippen LogP contribution < -0.4 is 5.32 Å². The molecule has 2 rings (SSSR count). The van der Waals surface area contributed by atoms with Crippen molar-refractivity contribution in [2.24, 2.45) is 0 Å². The summed E-state index contributed by atoms with van der Waals surface area (Å²) >= 11 is 5.47. The number of thioether (sulfide) groups is 1. The lowest BCUT2D eigenvalue weighted by Gasteiger charge is -2.35. The quantitative estimate of drug-likeness (QED) is 0.913. The summed E-state index contributed by atoms with van der Waals surface area (Å²) in [4.78, 5) is 1.27. The number of hydrogen-bond donors (Lipinski definition) is 1. The lowest BCUT2D eigenvalue weighted by Crippen LogP contribution is -2.46. The van der Waals surface area contributed by atoms with Gasteiger partial charge < -0.3 is 5.32 Å². The molecule has 96 valence electrons. The molecule has 1 saturated carbocycles. The smallest absolute Gasteiger partial charge is 0.107 e. The van der Waals surface area contributed by atoms with E-state index in [1.54, 1.807) is 0 Å². The van der Waals surface area contributed by atoms with Gasteiger partial charge in [0.2, 0.25) is 0 Å². The molecule has 1 N–H and O–H groups in total. The summed E-state index contributed by atoms with van der Waals surface area (Å²) in [7, 11) is 1.90. The number of halogens is 1. The van der Waals surface area contributed by atoms with Crippen molar-refractivity contribution in [1.82, 2.24) is 5.32 Å². The van der Waals surface area contributed by atoms with Gasteiger partial charge in [0, 0.05) is 14.6 Å². The molecule has 0 heterocycles. The van der Waals surface area contributed by atoms with E-state index in [-0.39, 0.29) is 5.54 Å². The summed E-state index contributed by atoms with van der Waals surface area (Å²) in [5.41, 5.74) is -0.322. The molecule has 0 radical (unpaired) electrons. The van der Waals surface area contributed by atoms with Crippen molar-refractivity contribution in [2.45, 2.75) is 41.4 Å². The lowest BCUT2D eigenvalue weighted by molar-refractivity contribution is 0.323. The molecule has 1 aliphatic rings. The van der Waals surface area contributed by atoms with E-state index in [1.165, 1.54) is 11.3 Å². The highest BCUT2D eigenvalue weighted by atomic mass is 79.9. The van der Waals surface area contributed by atoms with E-state index in [0.29, 0.717) is 5.25 Å². The number of benzene rings is 1. The van der Waals surface area contributed by atoms with Crippen molar-refractivity contribution in [2.75, 3.05) is 7.05 Å². The van der Waals surface area contributed by atoms with E-state index in [0.717, 1.165) is 23.7 Å². The van der Waals surface area contributed by atoms with Gasteiger partial charge in [0.15, 0.2) is 0 Å². The fraction of sp³-hybridized carbons (Fsp3) is 0.500. The molecule has 0 spiro atoms. The Morgan fingerprint density at radius 2 is 2.28 bits per heavy atom. The Bertz CT molecular complexity index is 457. The minimum Gasteiger partial charge on any atom is -0.302 e. The second-order valence-electron chi connectivity index (χ2n) is 4.71. The third kappa shape index (κ3) is 3.09. The normalized spacial score (nSPS) is 27.7. The van der Waals surface area contributed by atoms with Gasteiger partial charge in [-0.15, -0.1) is 11.8 Å². The average molecular weight is 325 g/mol. The monoisotopic (exact) mass is 324 g/mol. The molecule has 0 aliphatic heterocycles. The van der Waals surface area contributed by atoms with Crippen molar-refractivity contribution >= 4 is 27.7 Å². The first-order valence-electron chi connectivity index (χ1n) is 6.20. The fourth-order valence-corrected chi connectivity index (χ4v) is 4.34. The Kier molecular flexibility index (Phi) is 4.71. The van der Waals surface area contributed by atoms with Crippen LogP contribution in [0.4, 0.5) is 0 Å². The maximum atomic E-state index is 9.35. The van der Waals surface area contributed by atoms with Gasteiger partial charge in [-0.3, -0.25) is 0 Å². The highest BCUT2D eigenvalue weighted by molar-refractivity contribution is 9.10. The SMILES string of the molecule is CNC1(C#N)CCCC(Sc2ccccc2Br)C1. The van der Waals surface area contributed by atoms with Gasteiger partial charge in [-0.2, -0.15) is 5.26 Å². The van der Waals surface area contributed by atoms with Gasteiger partial charge in [-0.25, -0.2) is 0 Å². The van der Waals surface area contributed by atoms with Crippen LogP contribution in [0.25, 0.3) is 0 Å². The van der Waals surface area contributed by atoms with E-state index in [1.807, 2.05) is 24.9 Å². The second kappa shape index (κ2) is 6.10. The highest BCUT2D eigenvalue weighted by Crippen LogP contribution is 2.40. The Morgan fingerprint density at radius 1 is 1.50 bits per heavy atom. The largest absolute Gasteiger partial charge is 0.302 e. The number of nitrogens with zero attached hydrogens (tertiary/aromatic N) is 1. The fourth-order valence-electron chi connectivity index (χ4n) is 2.43.